The highest BCUT2D eigenvalue weighted by Crippen LogP contribution is 2.26. The maximum absolute atomic E-state index is 10.5. The molecule has 0 bridgehead atoms. The van der Waals surface area contributed by atoms with Crippen LogP contribution in [0.4, 0.5) is 0 Å². The first-order valence-electron chi connectivity index (χ1n) is 4.68. The molecule has 0 saturated heterocycles. The normalized spacial score (nSPS) is 10.3. The van der Waals surface area contributed by atoms with E-state index in [9.17, 15) is 4.79 Å². The maximum atomic E-state index is 10.5. The molecule has 1 aromatic heterocycles. The van der Waals surface area contributed by atoms with Gasteiger partial charge in [-0.1, -0.05) is 34.1 Å². The number of H-pyrrole nitrogens is 1. The van der Waals surface area contributed by atoms with Gasteiger partial charge >= 0.3 is 5.97 Å². The van der Waals surface area contributed by atoms with E-state index in [1.807, 2.05) is 24.3 Å². The lowest BCUT2D eigenvalue weighted by molar-refractivity contribution is -0.136. The van der Waals surface area contributed by atoms with E-state index in [0.717, 1.165) is 15.7 Å². The molecule has 0 saturated carbocycles. The molecule has 4 nitrogen and oxygen atoms in total. The third-order valence-corrected chi connectivity index (χ3v) is 2.81. The van der Waals surface area contributed by atoms with Gasteiger partial charge < -0.3 is 5.11 Å². The van der Waals surface area contributed by atoms with Gasteiger partial charge in [-0.05, 0) is 12.1 Å². The van der Waals surface area contributed by atoms with Crippen LogP contribution < -0.4 is 0 Å². The molecule has 1 aromatic carbocycles. The number of carbonyl (C=O) groups is 1. The minimum Gasteiger partial charge on any atom is -0.481 e. The third kappa shape index (κ3) is 2.30. The molecular formula is C11H9BrN2O2. The number of aliphatic carboxylic acids is 1. The Morgan fingerprint density at radius 2 is 2.19 bits per heavy atom. The fourth-order valence-corrected chi connectivity index (χ4v) is 1.91. The minimum atomic E-state index is -0.873. The van der Waals surface area contributed by atoms with Crippen molar-refractivity contribution in [2.24, 2.45) is 0 Å². The summed E-state index contributed by atoms with van der Waals surface area (Å²) < 4.78 is 0.934. The first-order valence-corrected chi connectivity index (χ1v) is 5.47. The number of nitrogens with one attached hydrogen (secondary N) is 1. The van der Waals surface area contributed by atoms with Crippen molar-refractivity contribution in [1.29, 1.82) is 0 Å². The van der Waals surface area contributed by atoms with Crippen molar-refractivity contribution in [2.75, 3.05) is 0 Å². The van der Waals surface area contributed by atoms with Gasteiger partial charge in [-0.25, -0.2) is 0 Å². The predicted octanol–water partition coefficient (Wildman–Crippen LogP) is 2.47. The largest absolute Gasteiger partial charge is 0.481 e. The van der Waals surface area contributed by atoms with Crippen molar-refractivity contribution in [3.8, 4) is 11.3 Å². The molecule has 2 rings (SSSR count). The number of nitrogens with zero attached hydrogens (tertiary/aromatic N) is 1. The summed E-state index contributed by atoms with van der Waals surface area (Å²) in [6, 6.07) is 9.41. The highest BCUT2D eigenvalue weighted by molar-refractivity contribution is 9.10. The average Bonchev–Trinajstić information content (AvgIpc) is 2.66. The van der Waals surface area contributed by atoms with Crippen LogP contribution in [-0.2, 0) is 11.2 Å². The first kappa shape index (κ1) is 10.9. The smallest absolute Gasteiger partial charge is 0.309 e. The Morgan fingerprint density at radius 3 is 2.88 bits per heavy atom. The Kier molecular flexibility index (Phi) is 3.05. The number of rotatable bonds is 3. The van der Waals surface area contributed by atoms with Gasteiger partial charge in [0, 0.05) is 15.7 Å². The van der Waals surface area contributed by atoms with E-state index in [-0.39, 0.29) is 6.42 Å². The molecule has 0 atom stereocenters. The van der Waals surface area contributed by atoms with Crippen LogP contribution in [0.15, 0.2) is 34.8 Å². The number of benzene rings is 1. The average molecular weight is 281 g/mol. The molecule has 82 valence electrons. The van der Waals surface area contributed by atoms with Gasteiger partial charge in [-0.2, -0.15) is 5.10 Å². The zero-order valence-electron chi connectivity index (χ0n) is 8.27. The number of aromatic amines is 1. The van der Waals surface area contributed by atoms with E-state index >= 15 is 0 Å². The fraction of sp³-hybridized carbons (Fsp3) is 0.0909. The Hall–Kier alpha value is -1.62. The van der Waals surface area contributed by atoms with Crippen LogP contribution in [0.1, 0.15) is 5.69 Å². The Morgan fingerprint density at radius 1 is 1.44 bits per heavy atom. The summed E-state index contributed by atoms with van der Waals surface area (Å²) in [7, 11) is 0. The van der Waals surface area contributed by atoms with Crippen LogP contribution in [0, 0.1) is 0 Å². The number of halogens is 1. The molecular weight excluding hydrogens is 272 g/mol. The van der Waals surface area contributed by atoms with Crippen LogP contribution in [0.3, 0.4) is 0 Å². The number of hydrogen-bond acceptors (Lipinski definition) is 2. The second-order valence-electron chi connectivity index (χ2n) is 3.33. The van der Waals surface area contributed by atoms with E-state index in [0.29, 0.717) is 5.69 Å². The molecule has 0 amide bonds. The monoisotopic (exact) mass is 280 g/mol. The van der Waals surface area contributed by atoms with E-state index in [1.54, 1.807) is 6.07 Å². The maximum Gasteiger partial charge on any atom is 0.309 e. The number of carboxylic acids is 1. The van der Waals surface area contributed by atoms with Crippen molar-refractivity contribution < 1.29 is 9.90 Å². The highest BCUT2D eigenvalue weighted by Gasteiger charge is 2.08. The lowest BCUT2D eigenvalue weighted by atomic mass is 10.1. The van der Waals surface area contributed by atoms with Crippen LogP contribution >= 0.6 is 15.9 Å². The number of aromatic nitrogens is 2. The molecule has 0 fully saturated rings. The minimum absolute atomic E-state index is 0.0442. The standard InChI is InChI=1S/C11H9BrN2O2/c12-9-4-2-1-3-8(9)10-5-7(13-14-10)6-11(15)16/h1-5H,6H2,(H,13,14)(H,15,16). The molecule has 5 heteroatoms. The SMILES string of the molecule is O=C(O)Cc1cc(-c2ccccc2Br)n[nH]1. The van der Waals surface area contributed by atoms with Crippen molar-refractivity contribution in [1.82, 2.24) is 10.2 Å². The van der Waals surface area contributed by atoms with Crippen LogP contribution in [0.2, 0.25) is 0 Å². The lowest BCUT2D eigenvalue weighted by Gasteiger charge is -1.98. The topological polar surface area (TPSA) is 66.0 Å². The highest BCUT2D eigenvalue weighted by atomic mass is 79.9. The fourth-order valence-electron chi connectivity index (χ4n) is 1.42. The summed E-state index contributed by atoms with van der Waals surface area (Å²) >= 11 is 3.42. The summed E-state index contributed by atoms with van der Waals surface area (Å²) in [6.45, 7) is 0. The van der Waals surface area contributed by atoms with Gasteiger partial charge in [0.2, 0.25) is 0 Å². The molecule has 0 aliphatic carbocycles. The molecule has 0 aliphatic heterocycles. The van der Waals surface area contributed by atoms with Crippen molar-refractivity contribution in [3.05, 3.63) is 40.5 Å². The molecule has 0 radical (unpaired) electrons. The quantitative estimate of drug-likeness (QED) is 0.908. The van der Waals surface area contributed by atoms with Gasteiger partial charge in [0.1, 0.15) is 0 Å². The van der Waals surface area contributed by atoms with E-state index in [1.165, 1.54) is 0 Å². The van der Waals surface area contributed by atoms with Gasteiger partial charge in [0.15, 0.2) is 0 Å². The second kappa shape index (κ2) is 4.49. The second-order valence-corrected chi connectivity index (χ2v) is 4.18. The number of hydrogen-bond donors (Lipinski definition) is 2. The summed E-state index contributed by atoms with van der Waals surface area (Å²) in [5, 5.41) is 15.4. The molecule has 0 aliphatic rings. The van der Waals surface area contributed by atoms with Crippen molar-refractivity contribution in [2.45, 2.75) is 6.42 Å². The van der Waals surface area contributed by atoms with Crippen molar-refractivity contribution >= 4 is 21.9 Å². The number of carboxylic acid groups (broad SMARTS) is 1. The van der Waals surface area contributed by atoms with Crippen LogP contribution in [-0.4, -0.2) is 21.3 Å². The molecule has 16 heavy (non-hydrogen) atoms. The summed E-state index contributed by atoms with van der Waals surface area (Å²) in [5.41, 5.74) is 2.28. The summed E-state index contributed by atoms with van der Waals surface area (Å²) in [5.74, 6) is -0.873. The van der Waals surface area contributed by atoms with Crippen LogP contribution in [0.5, 0.6) is 0 Å². The molecule has 2 N–H and O–H groups in total. The van der Waals surface area contributed by atoms with Crippen molar-refractivity contribution in [3.63, 3.8) is 0 Å². The van der Waals surface area contributed by atoms with Crippen LogP contribution in [0.25, 0.3) is 11.3 Å². The van der Waals surface area contributed by atoms with E-state index in [4.69, 9.17) is 5.11 Å². The van der Waals surface area contributed by atoms with Gasteiger partial charge in [-0.3, -0.25) is 9.89 Å². The zero-order chi connectivity index (χ0) is 11.5. The van der Waals surface area contributed by atoms with E-state index in [2.05, 4.69) is 26.1 Å². The third-order valence-electron chi connectivity index (χ3n) is 2.12. The van der Waals surface area contributed by atoms with Gasteiger partial charge in [0.25, 0.3) is 0 Å². The molecule has 2 aromatic rings. The molecule has 1 heterocycles. The van der Waals surface area contributed by atoms with E-state index < -0.39 is 5.97 Å². The zero-order valence-corrected chi connectivity index (χ0v) is 9.86. The van der Waals surface area contributed by atoms with Gasteiger partial charge in [0.05, 0.1) is 12.1 Å². The summed E-state index contributed by atoms with van der Waals surface area (Å²) in [4.78, 5) is 10.5. The Bertz CT molecular complexity index is 522. The molecule has 0 spiro atoms. The van der Waals surface area contributed by atoms with Gasteiger partial charge in [-0.15, -0.1) is 0 Å². The summed E-state index contributed by atoms with van der Waals surface area (Å²) in [6.07, 6.45) is -0.0442. The Balaban J connectivity index is 2.32. The lowest BCUT2D eigenvalue weighted by Crippen LogP contribution is -1.99. The predicted molar refractivity (Wildman–Crippen MR) is 63.1 cm³/mol. The molecule has 0 unspecified atom stereocenters. The first-order chi connectivity index (χ1) is 7.66. The Labute approximate surface area is 100 Å².